The number of carbonyl (C=O) groups is 1. The molecule has 164 valence electrons. The molecule has 1 aromatic carbocycles. The van der Waals surface area contributed by atoms with E-state index in [1.807, 2.05) is 24.6 Å². The van der Waals surface area contributed by atoms with Gasteiger partial charge in [-0.3, -0.25) is 9.48 Å². The Labute approximate surface area is 181 Å². The summed E-state index contributed by atoms with van der Waals surface area (Å²) in [6.45, 7) is 2.29. The van der Waals surface area contributed by atoms with Crippen LogP contribution in [0.25, 0.3) is 22.3 Å². The lowest BCUT2D eigenvalue weighted by atomic mass is 9.95. The first-order valence-electron chi connectivity index (χ1n) is 10.2. The second-order valence-electron chi connectivity index (χ2n) is 8.04. The minimum absolute atomic E-state index is 0.132. The molecule has 1 aliphatic rings. The Morgan fingerprint density at radius 3 is 2.59 bits per heavy atom. The van der Waals surface area contributed by atoms with Crippen molar-refractivity contribution in [2.45, 2.75) is 19.4 Å². The molecular weight excluding hydrogens is 419 g/mol. The van der Waals surface area contributed by atoms with E-state index in [9.17, 15) is 18.0 Å². The molecule has 0 fully saturated rings. The number of nitrogens with zero attached hydrogens (tertiary/aromatic N) is 5. The van der Waals surface area contributed by atoms with Crippen molar-refractivity contribution in [2.75, 3.05) is 6.54 Å². The van der Waals surface area contributed by atoms with Gasteiger partial charge in [-0.25, -0.2) is 18.2 Å². The summed E-state index contributed by atoms with van der Waals surface area (Å²) in [4.78, 5) is 19.5. The predicted octanol–water partition coefficient (Wildman–Crippen LogP) is 4.15. The molecule has 0 bridgehead atoms. The Morgan fingerprint density at radius 2 is 1.88 bits per heavy atom. The monoisotopic (exact) mass is 439 g/mol. The Hall–Kier alpha value is -3.62. The summed E-state index contributed by atoms with van der Waals surface area (Å²) in [5.41, 5.74) is 3.47. The molecule has 1 unspecified atom stereocenters. The standard InChI is InChI=1S/C23H20F3N5O/c1-12-20-15(21(30(3)28-20)13-9-17(24)19(26)18(25)10-13)6-8-31(12)23(32)16-11-29(2)22-14(16)5-4-7-27-22/h4-5,7,9-12H,6,8H2,1-3H3. The number of benzene rings is 1. The molecule has 32 heavy (non-hydrogen) atoms. The van der Waals surface area contributed by atoms with Crippen LogP contribution in [0, 0.1) is 17.5 Å². The number of aromatic nitrogens is 4. The smallest absolute Gasteiger partial charge is 0.256 e. The predicted molar refractivity (Wildman–Crippen MR) is 112 cm³/mol. The van der Waals surface area contributed by atoms with Gasteiger partial charge in [0.15, 0.2) is 17.5 Å². The van der Waals surface area contributed by atoms with Crippen molar-refractivity contribution in [3.63, 3.8) is 0 Å². The van der Waals surface area contributed by atoms with Gasteiger partial charge in [0, 0.05) is 49.5 Å². The SMILES string of the molecule is CC1c2nn(C)c(-c3cc(F)c(F)c(F)c3)c2CCN1C(=O)c1cn(C)c2ncccc12. The highest BCUT2D eigenvalue weighted by molar-refractivity contribution is 6.06. The summed E-state index contributed by atoms with van der Waals surface area (Å²) in [6.07, 6.45) is 3.91. The first-order valence-corrected chi connectivity index (χ1v) is 10.2. The molecule has 0 saturated heterocycles. The van der Waals surface area contributed by atoms with Gasteiger partial charge in [-0.2, -0.15) is 5.10 Å². The van der Waals surface area contributed by atoms with E-state index >= 15 is 0 Å². The van der Waals surface area contributed by atoms with Crippen molar-refractivity contribution in [3.05, 3.63) is 70.9 Å². The van der Waals surface area contributed by atoms with Gasteiger partial charge in [-0.05, 0) is 37.6 Å². The molecular formula is C23H20F3N5O. The zero-order valence-corrected chi connectivity index (χ0v) is 17.7. The second-order valence-corrected chi connectivity index (χ2v) is 8.04. The van der Waals surface area contributed by atoms with Crippen LogP contribution >= 0.6 is 0 Å². The Bertz CT molecular complexity index is 1370. The van der Waals surface area contributed by atoms with Crippen molar-refractivity contribution < 1.29 is 18.0 Å². The summed E-state index contributed by atoms with van der Waals surface area (Å²) in [5, 5.41) is 5.33. The van der Waals surface area contributed by atoms with E-state index in [1.165, 1.54) is 4.68 Å². The van der Waals surface area contributed by atoms with Gasteiger partial charge in [0.2, 0.25) is 0 Å². The molecule has 9 heteroatoms. The molecule has 6 nitrogen and oxygen atoms in total. The molecule has 0 N–H and O–H groups in total. The molecule has 1 amide bonds. The molecule has 0 aliphatic carbocycles. The number of hydrogen-bond donors (Lipinski definition) is 0. The van der Waals surface area contributed by atoms with Gasteiger partial charge in [-0.1, -0.05) is 0 Å². The number of rotatable bonds is 2. The van der Waals surface area contributed by atoms with E-state index in [2.05, 4.69) is 10.1 Å². The third-order valence-electron chi connectivity index (χ3n) is 6.12. The van der Waals surface area contributed by atoms with Crippen LogP contribution in [0.3, 0.4) is 0 Å². The summed E-state index contributed by atoms with van der Waals surface area (Å²) in [7, 11) is 3.51. The van der Waals surface area contributed by atoms with Crippen LogP contribution in [0.5, 0.6) is 0 Å². The molecule has 0 saturated carbocycles. The molecule has 1 atom stereocenters. The number of amides is 1. The number of carbonyl (C=O) groups excluding carboxylic acids is 1. The normalized spacial score (nSPS) is 15.9. The minimum Gasteiger partial charge on any atom is -0.335 e. The highest BCUT2D eigenvalue weighted by Crippen LogP contribution is 2.37. The van der Waals surface area contributed by atoms with Crippen LogP contribution in [0.2, 0.25) is 0 Å². The van der Waals surface area contributed by atoms with Gasteiger partial charge in [0.1, 0.15) is 5.65 Å². The van der Waals surface area contributed by atoms with E-state index in [-0.39, 0.29) is 17.5 Å². The summed E-state index contributed by atoms with van der Waals surface area (Å²) in [5.74, 6) is -4.13. The van der Waals surface area contributed by atoms with Crippen LogP contribution in [0.1, 0.15) is 34.6 Å². The molecule has 1 aliphatic heterocycles. The van der Waals surface area contributed by atoms with E-state index in [1.54, 1.807) is 30.4 Å². The minimum atomic E-state index is -1.50. The number of hydrogen-bond acceptors (Lipinski definition) is 3. The van der Waals surface area contributed by atoms with Crippen molar-refractivity contribution in [2.24, 2.45) is 14.1 Å². The fourth-order valence-electron chi connectivity index (χ4n) is 4.61. The van der Waals surface area contributed by atoms with E-state index in [0.717, 1.165) is 28.7 Å². The highest BCUT2D eigenvalue weighted by Gasteiger charge is 2.34. The molecule has 4 aromatic rings. The maximum Gasteiger partial charge on any atom is 0.256 e. The second kappa shape index (κ2) is 7.22. The maximum atomic E-state index is 13.9. The molecule has 0 spiro atoms. The number of fused-ring (bicyclic) bond motifs is 2. The van der Waals surface area contributed by atoms with Crippen LogP contribution in [0.15, 0.2) is 36.7 Å². The lowest BCUT2D eigenvalue weighted by Crippen LogP contribution is -2.38. The van der Waals surface area contributed by atoms with E-state index in [4.69, 9.17) is 0 Å². The zero-order chi connectivity index (χ0) is 22.7. The van der Waals surface area contributed by atoms with Gasteiger partial charge >= 0.3 is 0 Å². The lowest BCUT2D eigenvalue weighted by Gasteiger charge is -2.33. The van der Waals surface area contributed by atoms with Crippen LogP contribution in [-0.2, 0) is 20.5 Å². The summed E-state index contributed by atoms with van der Waals surface area (Å²) < 4.78 is 44.5. The highest BCUT2D eigenvalue weighted by atomic mass is 19.2. The zero-order valence-electron chi connectivity index (χ0n) is 17.7. The third kappa shape index (κ3) is 2.91. The number of pyridine rings is 1. The average molecular weight is 439 g/mol. The van der Waals surface area contributed by atoms with Crippen molar-refractivity contribution in [3.8, 4) is 11.3 Å². The van der Waals surface area contributed by atoms with Crippen LogP contribution in [-0.4, -0.2) is 36.7 Å². The van der Waals surface area contributed by atoms with Crippen molar-refractivity contribution in [1.29, 1.82) is 0 Å². The molecule has 3 aromatic heterocycles. The quantitative estimate of drug-likeness (QED) is 0.441. The first kappa shape index (κ1) is 20.3. The van der Waals surface area contributed by atoms with Gasteiger partial charge < -0.3 is 9.47 Å². The summed E-state index contributed by atoms with van der Waals surface area (Å²) >= 11 is 0. The van der Waals surface area contributed by atoms with Crippen molar-refractivity contribution in [1.82, 2.24) is 24.2 Å². The Balaban J connectivity index is 1.54. The van der Waals surface area contributed by atoms with Gasteiger partial charge in [0.25, 0.3) is 5.91 Å². The maximum absolute atomic E-state index is 13.9. The first-order chi connectivity index (χ1) is 15.3. The number of aryl methyl sites for hydroxylation is 2. The van der Waals surface area contributed by atoms with Gasteiger partial charge in [0.05, 0.1) is 23.0 Å². The van der Waals surface area contributed by atoms with Crippen LogP contribution < -0.4 is 0 Å². The fraction of sp³-hybridized carbons (Fsp3) is 0.261. The molecule has 5 rings (SSSR count). The Kier molecular flexibility index (Phi) is 4.58. The molecule has 0 radical (unpaired) electrons. The number of halogens is 3. The van der Waals surface area contributed by atoms with Crippen molar-refractivity contribution >= 4 is 16.9 Å². The van der Waals surface area contributed by atoms with E-state index < -0.39 is 17.5 Å². The fourth-order valence-corrected chi connectivity index (χ4v) is 4.61. The van der Waals surface area contributed by atoms with Gasteiger partial charge in [-0.15, -0.1) is 0 Å². The summed E-state index contributed by atoms with van der Waals surface area (Å²) in [6, 6.07) is 5.25. The van der Waals surface area contributed by atoms with E-state index in [0.29, 0.717) is 29.9 Å². The van der Waals surface area contributed by atoms with Crippen LogP contribution in [0.4, 0.5) is 13.2 Å². The average Bonchev–Trinajstić information content (AvgIpc) is 3.29. The molecule has 4 heterocycles. The Morgan fingerprint density at radius 1 is 1.16 bits per heavy atom. The largest absolute Gasteiger partial charge is 0.335 e. The third-order valence-corrected chi connectivity index (χ3v) is 6.12. The lowest BCUT2D eigenvalue weighted by molar-refractivity contribution is 0.0675. The topological polar surface area (TPSA) is 56.0 Å².